The van der Waals surface area contributed by atoms with E-state index < -0.39 is 11.5 Å². The molecule has 0 atom stereocenters. The minimum absolute atomic E-state index is 0.00367. The summed E-state index contributed by atoms with van der Waals surface area (Å²) < 4.78 is 1.48. The fourth-order valence-electron chi connectivity index (χ4n) is 2.67. The van der Waals surface area contributed by atoms with Gasteiger partial charge in [-0.1, -0.05) is 41.4 Å². The Balaban J connectivity index is 1.74. The number of carbonyl (C=O) groups is 1. The quantitative estimate of drug-likeness (QED) is 0.513. The normalized spacial score (nSPS) is 10.9. The zero-order valence-electron chi connectivity index (χ0n) is 15.1. The second-order valence-electron chi connectivity index (χ2n) is 6.25. The van der Waals surface area contributed by atoms with Gasteiger partial charge in [-0.05, 0) is 48.4 Å². The minimum Gasteiger partial charge on any atom is -0.506 e. The maximum atomic E-state index is 12.6. The summed E-state index contributed by atoms with van der Waals surface area (Å²) in [5.74, 6) is -0.647. The number of hydrazone groups is 1. The molecule has 3 aromatic rings. The van der Waals surface area contributed by atoms with Crippen LogP contribution in [0.3, 0.4) is 0 Å². The molecule has 0 saturated carbocycles. The lowest BCUT2D eigenvalue weighted by atomic mass is 10.1. The van der Waals surface area contributed by atoms with E-state index in [0.717, 1.165) is 11.1 Å². The molecule has 3 rings (SSSR count). The fraction of sp³-hybridized carbons (Fsp3) is 0.0952. The number of carbonyl (C=O) groups excluding carboxylic acids is 1. The van der Waals surface area contributed by atoms with E-state index >= 15 is 0 Å². The first-order valence-electron chi connectivity index (χ1n) is 8.51. The number of aromatic nitrogens is 1. The lowest BCUT2D eigenvalue weighted by molar-refractivity contribution is 0.0953. The Bertz CT molecular complexity index is 1110. The highest BCUT2D eigenvalue weighted by Gasteiger charge is 2.11. The van der Waals surface area contributed by atoms with Crippen LogP contribution in [0.1, 0.15) is 27.0 Å². The predicted molar refractivity (Wildman–Crippen MR) is 109 cm³/mol. The van der Waals surface area contributed by atoms with Crippen molar-refractivity contribution in [3.63, 3.8) is 0 Å². The first kappa shape index (κ1) is 19.4. The van der Waals surface area contributed by atoms with Gasteiger partial charge >= 0.3 is 0 Å². The lowest BCUT2D eigenvalue weighted by Crippen LogP contribution is -2.30. The maximum Gasteiger partial charge on any atom is 0.276 e. The molecule has 0 saturated heterocycles. The number of hydrogen-bond donors (Lipinski definition) is 2. The van der Waals surface area contributed by atoms with Gasteiger partial charge in [-0.2, -0.15) is 5.10 Å². The molecular weight excluding hydrogens is 378 g/mol. The van der Waals surface area contributed by atoms with E-state index in [1.807, 2.05) is 31.2 Å². The maximum absolute atomic E-state index is 12.6. The molecule has 1 amide bonds. The van der Waals surface area contributed by atoms with Crippen molar-refractivity contribution in [1.82, 2.24) is 9.99 Å². The average Bonchev–Trinajstić information content (AvgIpc) is 2.66. The number of phenols is 1. The van der Waals surface area contributed by atoms with Crippen LogP contribution in [0.4, 0.5) is 0 Å². The number of halogens is 1. The molecule has 0 aliphatic carbocycles. The molecule has 0 aliphatic rings. The van der Waals surface area contributed by atoms with E-state index in [1.165, 1.54) is 29.0 Å². The summed E-state index contributed by atoms with van der Waals surface area (Å²) in [5.41, 5.74) is 4.60. The fourth-order valence-corrected chi connectivity index (χ4v) is 2.86. The van der Waals surface area contributed by atoms with Crippen LogP contribution in [-0.4, -0.2) is 21.8 Å². The third kappa shape index (κ3) is 4.66. The SMILES string of the molecule is Cc1cccc(Cn2cccc(C(=O)N/N=C\c3ccc(O)c(Cl)c3)c2=O)c1. The van der Waals surface area contributed by atoms with E-state index in [0.29, 0.717) is 12.1 Å². The number of nitrogens with one attached hydrogen (secondary N) is 1. The summed E-state index contributed by atoms with van der Waals surface area (Å²) in [7, 11) is 0. The van der Waals surface area contributed by atoms with Gasteiger partial charge in [-0.3, -0.25) is 9.59 Å². The highest BCUT2D eigenvalue weighted by molar-refractivity contribution is 6.32. The smallest absolute Gasteiger partial charge is 0.276 e. The van der Waals surface area contributed by atoms with Crippen molar-refractivity contribution in [3.8, 4) is 5.75 Å². The van der Waals surface area contributed by atoms with Gasteiger partial charge in [0.1, 0.15) is 11.3 Å². The Labute approximate surface area is 166 Å². The molecule has 0 bridgehead atoms. The standard InChI is InChI=1S/C21H18ClN3O3/c1-14-4-2-5-16(10-14)13-25-9-3-6-17(21(25)28)20(27)24-23-12-15-7-8-19(26)18(22)11-15/h2-12,26H,13H2,1H3,(H,24,27)/b23-12-. The number of pyridine rings is 1. The van der Waals surface area contributed by atoms with Gasteiger partial charge in [0.15, 0.2) is 0 Å². The number of amides is 1. The van der Waals surface area contributed by atoms with Crippen molar-refractivity contribution in [1.29, 1.82) is 0 Å². The van der Waals surface area contributed by atoms with E-state index in [9.17, 15) is 14.7 Å². The van der Waals surface area contributed by atoms with Crippen LogP contribution in [-0.2, 0) is 6.54 Å². The molecule has 1 aromatic heterocycles. The summed E-state index contributed by atoms with van der Waals surface area (Å²) in [6, 6.07) is 15.5. The number of phenolic OH excluding ortho intramolecular Hbond substituents is 1. The molecule has 1 heterocycles. The second-order valence-corrected chi connectivity index (χ2v) is 6.66. The first-order valence-corrected chi connectivity index (χ1v) is 8.89. The topological polar surface area (TPSA) is 83.7 Å². The highest BCUT2D eigenvalue weighted by atomic mass is 35.5. The number of aryl methyl sites for hydroxylation is 1. The molecule has 0 fully saturated rings. The van der Waals surface area contributed by atoms with Crippen molar-refractivity contribution >= 4 is 23.7 Å². The summed E-state index contributed by atoms with van der Waals surface area (Å²) in [4.78, 5) is 25.0. The van der Waals surface area contributed by atoms with Crippen LogP contribution in [0.15, 0.2) is 70.7 Å². The third-order valence-electron chi connectivity index (χ3n) is 4.05. The van der Waals surface area contributed by atoms with Gasteiger partial charge in [-0.25, -0.2) is 5.43 Å². The van der Waals surface area contributed by atoms with Gasteiger partial charge < -0.3 is 9.67 Å². The van der Waals surface area contributed by atoms with E-state index in [-0.39, 0.29) is 16.3 Å². The van der Waals surface area contributed by atoms with Gasteiger partial charge in [0.2, 0.25) is 0 Å². The van der Waals surface area contributed by atoms with Crippen LogP contribution in [0, 0.1) is 6.92 Å². The van der Waals surface area contributed by atoms with Crippen LogP contribution >= 0.6 is 11.6 Å². The van der Waals surface area contributed by atoms with E-state index in [4.69, 9.17) is 11.6 Å². The summed E-state index contributed by atoms with van der Waals surface area (Å²) in [6.45, 7) is 2.35. The molecule has 6 nitrogen and oxygen atoms in total. The molecule has 0 aliphatic heterocycles. The number of nitrogens with zero attached hydrogens (tertiary/aromatic N) is 2. The van der Waals surface area contributed by atoms with Gasteiger partial charge in [0, 0.05) is 6.20 Å². The van der Waals surface area contributed by atoms with Gasteiger partial charge in [0.05, 0.1) is 17.8 Å². The van der Waals surface area contributed by atoms with E-state index in [1.54, 1.807) is 18.3 Å². The molecule has 0 radical (unpaired) electrons. The highest BCUT2D eigenvalue weighted by Crippen LogP contribution is 2.22. The van der Waals surface area contributed by atoms with Crippen LogP contribution in [0.25, 0.3) is 0 Å². The summed E-state index contributed by atoms with van der Waals surface area (Å²) in [5, 5.41) is 13.4. The molecule has 142 valence electrons. The summed E-state index contributed by atoms with van der Waals surface area (Å²) >= 11 is 5.82. The third-order valence-corrected chi connectivity index (χ3v) is 4.35. The Hall–Kier alpha value is -3.38. The second kappa shape index (κ2) is 8.54. The Morgan fingerprint density at radius 2 is 2.04 bits per heavy atom. The molecular formula is C21H18ClN3O3. The Morgan fingerprint density at radius 1 is 1.21 bits per heavy atom. The van der Waals surface area contributed by atoms with Crippen LogP contribution in [0.5, 0.6) is 5.75 Å². The molecule has 0 spiro atoms. The molecule has 2 aromatic carbocycles. The Kier molecular flexibility index (Phi) is 5.91. The molecule has 2 N–H and O–H groups in total. The Morgan fingerprint density at radius 3 is 2.79 bits per heavy atom. The number of rotatable bonds is 5. The number of aromatic hydroxyl groups is 1. The first-order chi connectivity index (χ1) is 13.4. The molecule has 0 unspecified atom stereocenters. The van der Waals surface area contributed by atoms with Gasteiger partial charge in [0.25, 0.3) is 11.5 Å². The number of hydrogen-bond acceptors (Lipinski definition) is 4. The monoisotopic (exact) mass is 395 g/mol. The largest absolute Gasteiger partial charge is 0.506 e. The number of benzene rings is 2. The molecule has 28 heavy (non-hydrogen) atoms. The van der Waals surface area contributed by atoms with Crippen molar-refractivity contribution in [2.24, 2.45) is 5.10 Å². The predicted octanol–water partition coefficient (Wildman–Crippen LogP) is 3.33. The zero-order chi connectivity index (χ0) is 20.1. The van der Waals surface area contributed by atoms with Gasteiger partial charge in [-0.15, -0.1) is 0 Å². The van der Waals surface area contributed by atoms with Crippen molar-refractivity contribution in [2.45, 2.75) is 13.5 Å². The van der Waals surface area contributed by atoms with Crippen LogP contribution in [0.2, 0.25) is 5.02 Å². The van der Waals surface area contributed by atoms with Crippen molar-refractivity contribution < 1.29 is 9.90 Å². The minimum atomic E-state index is -0.607. The van der Waals surface area contributed by atoms with Crippen LogP contribution < -0.4 is 11.0 Å². The average molecular weight is 396 g/mol. The lowest BCUT2D eigenvalue weighted by Gasteiger charge is -2.08. The molecule has 7 heteroatoms. The van der Waals surface area contributed by atoms with Crippen molar-refractivity contribution in [2.75, 3.05) is 0 Å². The van der Waals surface area contributed by atoms with Crippen molar-refractivity contribution in [3.05, 3.63) is 98.4 Å². The van der Waals surface area contributed by atoms with E-state index in [2.05, 4.69) is 10.5 Å². The summed E-state index contributed by atoms with van der Waals surface area (Å²) in [6.07, 6.45) is 3.01. The zero-order valence-corrected chi connectivity index (χ0v) is 15.8.